The Labute approximate surface area is 99.0 Å². The summed E-state index contributed by atoms with van der Waals surface area (Å²) in [7, 11) is 0. The minimum Gasteiger partial charge on any atom is -0.394 e. The number of hydrogen-bond donors (Lipinski definition) is 2. The standard InChI is InChI=1S/C12H15FN2O2/c13-9-3-1-4-10(7-9)14-12(17)15-6-2-5-11(15)8-16/h1,3-4,7,11,16H,2,5-6,8H2,(H,14,17). The largest absolute Gasteiger partial charge is 0.394 e. The highest BCUT2D eigenvalue weighted by Crippen LogP contribution is 2.18. The van der Waals surface area contributed by atoms with Gasteiger partial charge in [-0.2, -0.15) is 0 Å². The van der Waals surface area contributed by atoms with Crippen LogP contribution >= 0.6 is 0 Å². The van der Waals surface area contributed by atoms with Crippen LogP contribution in [0.2, 0.25) is 0 Å². The summed E-state index contributed by atoms with van der Waals surface area (Å²) >= 11 is 0. The fourth-order valence-electron chi connectivity index (χ4n) is 2.05. The summed E-state index contributed by atoms with van der Waals surface area (Å²) in [6.07, 6.45) is 1.70. The SMILES string of the molecule is O=C(Nc1cccc(F)c1)N1CCCC1CO. The van der Waals surface area contributed by atoms with Gasteiger partial charge in [-0.1, -0.05) is 6.07 Å². The highest BCUT2D eigenvalue weighted by Gasteiger charge is 2.27. The van der Waals surface area contributed by atoms with E-state index < -0.39 is 0 Å². The monoisotopic (exact) mass is 238 g/mol. The number of hydrogen-bond acceptors (Lipinski definition) is 2. The maximum absolute atomic E-state index is 12.9. The van der Waals surface area contributed by atoms with Crippen LogP contribution in [-0.2, 0) is 0 Å². The number of aliphatic hydroxyl groups excluding tert-OH is 1. The van der Waals surface area contributed by atoms with Crippen molar-refractivity contribution < 1.29 is 14.3 Å². The zero-order chi connectivity index (χ0) is 12.3. The van der Waals surface area contributed by atoms with Gasteiger partial charge in [0.15, 0.2) is 0 Å². The molecule has 0 aromatic heterocycles. The lowest BCUT2D eigenvalue weighted by Gasteiger charge is -2.23. The van der Waals surface area contributed by atoms with E-state index in [0.717, 1.165) is 12.8 Å². The van der Waals surface area contributed by atoms with Crippen molar-refractivity contribution in [3.8, 4) is 0 Å². The minimum absolute atomic E-state index is 0.0312. The van der Waals surface area contributed by atoms with Crippen molar-refractivity contribution in [2.75, 3.05) is 18.5 Å². The lowest BCUT2D eigenvalue weighted by Crippen LogP contribution is -2.40. The number of rotatable bonds is 2. The number of carbonyl (C=O) groups is 1. The second kappa shape index (κ2) is 5.14. The summed E-state index contributed by atoms with van der Waals surface area (Å²) in [4.78, 5) is 13.5. The van der Waals surface area contributed by atoms with E-state index in [4.69, 9.17) is 5.11 Å². The van der Waals surface area contributed by atoms with Gasteiger partial charge in [0.1, 0.15) is 5.82 Å². The smallest absolute Gasteiger partial charge is 0.322 e. The molecule has 1 heterocycles. The Morgan fingerprint density at radius 3 is 3.12 bits per heavy atom. The normalized spacial score (nSPS) is 19.4. The van der Waals surface area contributed by atoms with Gasteiger partial charge in [-0.15, -0.1) is 0 Å². The Balaban J connectivity index is 2.01. The molecule has 0 spiro atoms. The molecule has 0 radical (unpaired) electrons. The fourth-order valence-corrected chi connectivity index (χ4v) is 2.05. The predicted octanol–water partition coefficient (Wildman–Crippen LogP) is 1.81. The van der Waals surface area contributed by atoms with Gasteiger partial charge >= 0.3 is 6.03 Å². The fraction of sp³-hybridized carbons (Fsp3) is 0.417. The van der Waals surface area contributed by atoms with Crippen molar-refractivity contribution in [3.63, 3.8) is 0 Å². The van der Waals surface area contributed by atoms with E-state index in [1.165, 1.54) is 12.1 Å². The molecule has 1 aliphatic rings. The number of aliphatic hydroxyl groups is 1. The number of nitrogens with zero attached hydrogens (tertiary/aromatic N) is 1. The van der Waals surface area contributed by atoms with E-state index in [2.05, 4.69) is 5.32 Å². The number of carbonyl (C=O) groups excluding carboxylic acids is 1. The molecule has 0 aliphatic carbocycles. The number of amides is 2. The minimum atomic E-state index is -0.386. The molecule has 92 valence electrons. The van der Waals surface area contributed by atoms with E-state index in [1.54, 1.807) is 17.0 Å². The van der Waals surface area contributed by atoms with Gasteiger partial charge in [0.25, 0.3) is 0 Å². The first kappa shape index (κ1) is 11.9. The molecule has 2 amide bonds. The van der Waals surface area contributed by atoms with Crippen molar-refractivity contribution in [2.24, 2.45) is 0 Å². The molecule has 4 nitrogen and oxygen atoms in total. The molecule has 1 unspecified atom stereocenters. The molecule has 0 bridgehead atoms. The molecule has 2 rings (SSSR count). The number of nitrogens with one attached hydrogen (secondary N) is 1. The zero-order valence-electron chi connectivity index (χ0n) is 9.40. The summed E-state index contributed by atoms with van der Waals surface area (Å²) in [5.41, 5.74) is 0.429. The summed E-state index contributed by atoms with van der Waals surface area (Å²) in [5, 5.41) is 11.7. The molecule has 1 aliphatic heterocycles. The number of urea groups is 1. The molecule has 1 aromatic carbocycles. The van der Waals surface area contributed by atoms with Gasteiger partial charge in [0.2, 0.25) is 0 Å². The van der Waals surface area contributed by atoms with Crippen molar-refractivity contribution in [3.05, 3.63) is 30.1 Å². The maximum Gasteiger partial charge on any atom is 0.322 e. The first-order valence-electron chi connectivity index (χ1n) is 5.65. The number of likely N-dealkylation sites (tertiary alicyclic amines) is 1. The molecule has 0 saturated carbocycles. The average Bonchev–Trinajstić information content (AvgIpc) is 2.77. The van der Waals surface area contributed by atoms with Crippen LogP contribution in [0.25, 0.3) is 0 Å². The highest BCUT2D eigenvalue weighted by atomic mass is 19.1. The summed E-state index contributed by atoms with van der Waals surface area (Å²) in [6.45, 7) is 0.600. The third kappa shape index (κ3) is 2.74. The molecule has 1 aromatic rings. The molecule has 1 saturated heterocycles. The number of benzene rings is 1. The summed E-state index contributed by atoms with van der Waals surface area (Å²) < 4.78 is 12.9. The van der Waals surface area contributed by atoms with Crippen molar-refractivity contribution in [2.45, 2.75) is 18.9 Å². The van der Waals surface area contributed by atoms with E-state index in [9.17, 15) is 9.18 Å². The van der Waals surface area contributed by atoms with Crippen LogP contribution in [0.5, 0.6) is 0 Å². The van der Waals surface area contributed by atoms with Crippen molar-refractivity contribution >= 4 is 11.7 Å². The third-order valence-corrected chi connectivity index (χ3v) is 2.92. The summed E-state index contributed by atoms with van der Waals surface area (Å²) in [6, 6.07) is 5.35. The third-order valence-electron chi connectivity index (χ3n) is 2.92. The van der Waals surface area contributed by atoms with Gasteiger partial charge in [-0.3, -0.25) is 0 Å². The Morgan fingerprint density at radius 1 is 1.59 bits per heavy atom. The van der Waals surface area contributed by atoms with Gasteiger partial charge in [0.05, 0.1) is 12.6 Å². The second-order valence-corrected chi connectivity index (χ2v) is 4.11. The van der Waals surface area contributed by atoms with Crippen LogP contribution < -0.4 is 5.32 Å². The van der Waals surface area contributed by atoms with Gasteiger partial charge in [0, 0.05) is 12.2 Å². The zero-order valence-corrected chi connectivity index (χ0v) is 9.40. The molecule has 1 fully saturated rings. The molecule has 17 heavy (non-hydrogen) atoms. The quantitative estimate of drug-likeness (QED) is 0.825. The molecule has 1 atom stereocenters. The van der Waals surface area contributed by atoms with Crippen LogP contribution in [0.1, 0.15) is 12.8 Å². The first-order chi connectivity index (χ1) is 8.20. The van der Waals surface area contributed by atoms with Crippen LogP contribution in [0.3, 0.4) is 0 Å². The number of halogens is 1. The Kier molecular flexibility index (Phi) is 3.58. The van der Waals surface area contributed by atoms with Crippen LogP contribution in [0.4, 0.5) is 14.9 Å². The molecule has 5 heteroatoms. The van der Waals surface area contributed by atoms with Crippen molar-refractivity contribution in [1.29, 1.82) is 0 Å². The Morgan fingerprint density at radius 2 is 2.41 bits per heavy atom. The topological polar surface area (TPSA) is 52.6 Å². The lowest BCUT2D eigenvalue weighted by atomic mass is 10.2. The highest BCUT2D eigenvalue weighted by molar-refractivity contribution is 5.89. The summed E-state index contributed by atoms with van der Waals surface area (Å²) in [5.74, 6) is -0.386. The Bertz CT molecular complexity index is 411. The van der Waals surface area contributed by atoms with E-state index in [-0.39, 0.29) is 24.5 Å². The molecular formula is C12H15FN2O2. The van der Waals surface area contributed by atoms with Gasteiger partial charge in [-0.05, 0) is 31.0 Å². The van der Waals surface area contributed by atoms with E-state index in [0.29, 0.717) is 12.2 Å². The van der Waals surface area contributed by atoms with Crippen molar-refractivity contribution in [1.82, 2.24) is 4.90 Å². The average molecular weight is 238 g/mol. The maximum atomic E-state index is 12.9. The number of anilines is 1. The Hall–Kier alpha value is -1.62. The van der Waals surface area contributed by atoms with Crippen LogP contribution in [-0.4, -0.2) is 35.2 Å². The van der Waals surface area contributed by atoms with Crippen LogP contribution in [0.15, 0.2) is 24.3 Å². The first-order valence-corrected chi connectivity index (χ1v) is 5.65. The van der Waals surface area contributed by atoms with E-state index >= 15 is 0 Å². The van der Waals surface area contributed by atoms with Gasteiger partial charge in [-0.25, -0.2) is 9.18 Å². The predicted molar refractivity (Wildman–Crippen MR) is 62.2 cm³/mol. The van der Waals surface area contributed by atoms with E-state index in [1.807, 2.05) is 0 Å². The van der Waals surface area contributed by atoms with Crippen LogP contribution in [0, 0.1) is 5.82 Å². The molecule has 2 N–H and O–H groups in total. The molecular weight excluding hydrogens is 223 g/mol. The lowest BCUT2D eigenvalue weighted by molar-refractivity contribution is 0.166. The van der Waals surface area contributed by atoms with Gasteiger partial charge < -0.3 is 15.3 Å². The second-order valence-electron chi connectivity index (χ2n) is 4.11.